The number of nitrogens with one attached hydrogen (secondary N) is 1. The summed E-state index contributed by atoms with van der Waals surface area (Å²) in [6.45, 7) is 6.97. The van der Waals surface area contributed by atoms with Gasteiger partial charge in [-0.1, -0.05) is 13.8 Å². The molecule has 2 heterocycles. The minimum absolute atomic E-state index is 0.127. The Morgan fingerprint density at radius 3 is 2.50 bits per heavy atom. The van der Waals surface area contributed by atoms with Crippen LogP contribution in [-0.4, -0.2) is 35.6 Å². The van der Waals surface area contributed by atoms with Gasteiger partial charge in [0.05, 0.1) is 6.04 Å². The van der Waals surface area contributed by atoms with E-state index < -0.39 is 0 Å². The zero-order valence-electron chi connectivity index (χ0n) is 13.0. The van der Waals surface area contributed by atoms with E-state index in [2.05, 4.69) is 29.0 Å². The lowest BCUT2D eigenvalue weighted by Gasteiger charge is -2.47. The molecule has 112 valence electrons. The number of nitrogens with zero attached hydrogens (tertiary/aromatic N) is 2. The van der Waals surface area contributed by atoms with Crippen molar-refractivity contribution >= 4 is 5.69 Å². The number of anilines is 1. The predicted octanol–water partition coefficient (Wildman–Crippen LogP) is 2.58. The van der Waals surface area contributed by atoms with Crippen molar-refractivity contribution in [2.24, 2.45) is 0 Å². The molecule has 2 rings (SSSR count). The van der Waals surface area contributed by atoms with E-state index in [1.54, 1.807) is 6.20 Å². The highest BCUT2D eigenvalue weighted by molar-refractivity contribution is 5.47. The topological polar surface area (TPSA) is 54.2 Å². The lowest BCUT2D eigenvalue weighted by Crippen LogP contribution is -2.54. The smallest absolute Gasteiger partial charge is 0.0540 e. The lowest BCUT2D eigenvalue weighted by molar-refractivity contribution is 0.0648. The van der Waals surface area contributed by atoms with Crippen LogP contribution in [0, 0.1) is 0 Å². The molecule has 1 aromatic heterocycles. The SMILES string of the molecule is CCC(CC)(C(NC)c1cnccc1N)N1CCCC1. The van der Waals surface area contributed by atoms with Gasteiger partial charge in [0, 0.05) is 29.2 Å². The summed E-state index contributed by atoms with van der Waals surface area (Å²) in [5, 5.41) is 3.52. The van der Waals surface area contributed by atoms with Gasteiger partial charge in [0.1, 0.15) is 0 Å². The lowest BCUT2D eigenvalue weighted by atomic mass is 9.79. The standard InChI is InChI=1S/C16H28N4/c1-4-16(5-2,20-10-6-7-11-20)15(18-3)13-12-19-9-8-14(13)17/h8-9,12,15,18H,4-7,10-11H2,1-3H3,(H2,17,19). The summed E-state index contributed by atoms with van der Waals surface area (Å²) in [5.74, 6) is 0. The van der Waals surface area contributed by atoms with Crippen LogP contribution in [0.3, 0.4) is 0 Å². The van der Waals surface area contributed by atoms with E-state index in [4.69, 9.17) is 5.73 Å². The summed E-state index contributed by atoms with van der Waals surface area (Å²) >= 11 is 0. The molecule has 0 aromatic carbocycles. The van der Waals surface area contributed by atoms with E-state index in [9.17, 15) is 0 Å². The van der Waals surface area contributed by atoms with E-state index in [0.717, 1.165) is 24.1 Å². The summed E-state index contributed by atoms with van der Waals surface area (Å²) in [7, 11) is 2.03. The predicted molar refractivity (Wildman–Crippen MR) is 84.6 cm³/mol. The molecular weight excluding hydrogens is 248 g/mol. The molecule has 1 atom stereocenters. The molecule has 1 fully saturated rings. The summed E-state index contributed by atoms with van der Waals surface area (Å²) < 4.78 is 0. The van der Waals surface area contributed by atoms with Gasteiger partial charge in [-0.2, -0.15) is 0 Å². The summed E-state index contributed by atoms with van der Waals surface area (Å²) in [6, 6.07) is 2.13. The Morgan fingerprint density at radius 2 is 2.00 bits per heavy atom. The molecule has 0 saturated carbocycles. The first-order chi connectivity index (χ1) is 9.69. The molecule has 0 spiro atoms. The number of nitrogen functional groups attached to an aromatic ring is 1. The minimum atomic E-state index is 0.127. The number of pyridine rings is 1. The summed E-state index contributed by atoms with van der Waals surface area (Å²) in [6.07, 6.45) is 8.53. The molecule has 4 heteroatoms. The van der Waals surface area contributed by atoms with Gasteiger partial charge in [-0.05, 0) is 51.9 Å². The zero-order chi connectivity index (χ0) is 14.6. The van der Waals surface area contributed by atoms with Gasteiger partial charge in [0.15, 0.2) is 0 Å². The van der Waals surface area contributed by atoms with Crippen LogP contribution in [0.5, 0.6) is 0 Å². The maximum absolute atomic E-state index is 6.20. The van der Waals surface area contributed by atoms with Crippen LogP contribution in [-0.2, 0) is 0 Å². The molecule has 0 aliphatic carbocycles. The third-order valence-electron chi connectivity index (χ3n) is 4.98. The van der Waals surface area contributed by atoms with E-state index >= 15 is 0 Å². The summed E-state index contributed by atoms with van der Waals surface area (Å²) in [5.41, 5.74) is 8.30. The van der Waals surface area contributed by atoms with Crippen molar-refractivity contribution in [2.75, 3.05) is 25.9 Å². The Labute approximate surface area is 122 Å². The maximum Gasteiger partial charge on any atom is 0.0540 e. The van der Waals surface area contributed by atoms with Gasteiger partial charge in [-0.25, -0.2) is 0 Å². The molecule has 0 radical (unpaired) electrons. The number of rotatable bonds is 6. The number of likely N-dealkylation sites (N-methyl/N-ethyl adjacent to an activating group) is 1. The minimum Gasteiger partial charge on any atom is -0.398 e. The van der Waals surface area contributed by atoms with Crippen molar-refractivity contribution in [3.63, 3.8) is 0 Å². The van der Waals surface area contributed by atoms with Crippen molar-refractivity contribution < 1.29 is 0 Å². The molecule has 3 N–H and O–H groups in total. The van der Waals surface area contributed by atoms with Crippen molar-refractivity contribution in [1.82, 2.24) is 15.2 Å². The van der Waals surface area contributed by atoms with Crippen molar-refractivity contribution in [3.8, 4) is 0 Å². The van der Waals surface area contributed by atoms with Crippen LogP contribution >= 0.6 is 0 Å². The second kappa shape index (κ2) is 6.55. The number of likely N-dealkylation sites (tertiary alicyclic amines) is 1. The van der Waals surface area contributed by atoms with Gasteiger partial charge < -0.3 is 11.1 Å². The molecule has 20 heavy (non-hydrogen) atoms. The molecule has 1 aromatic rings. The average molecular weight is 276 g/mol. The monoisotopic (exact) mass is 276 g/mol. The quantitative estimate of drug-likeness (QED) is 0.838. The van der Waals surface area contributed by atoms with Gasteiger partial charge in [0.25, 0.3) is 0 Å². The van der Waals surface area contributed by atoms with E-state index in [-0.39, 0.29) is 11.6 Å². The van der Waals surface area contributed by atoms with Crippen LogP contribution in [0.2, 0.25) is 0 Å². The number of hydrogen-bond acceptors (Lipinski definition) is 4. The zero-order valence-corrected chi connectivity index (χ0v) is 13.0. The Kier molecular flexibility index (Phi) is 5.00. The van der Waals surface area contributed by atoms with Gasteiger partial charge >= 0.3 is 0 Å². The third-order valence-corrected chi connectivity index (χ3v) is 4.98. The van der Waals surface area contributed by atoms with Crippen LogP contribution in [0.25, 0.3) is 0 Å². The molecule has 1 aliphatic rings. The average Bonchev–Trinajstić information content (AvgIpc) is 3.01. The van der Waals surface area contributed by atoms with Gasteiger partial charge in [-0.3, -0.25) is 9.88 Å². The molecule has 0 amide bonds. The Hall–Kier alpha value is -1.13. The normalized spacial score (nSPS) is 18.4. The van der Waals surface area contributed by atoms with E-state index in [1.807, 2.05) is 19.3 Å². The van der Waals surface area contributed by atoms with Crippen molar-refractivity contribution in [2.45, 2.75) is 51.1 Å². The van der Waals surface area contributed by atoms with Crippen molar-refractivity contribution in [1.29, 1.82) is 0 Å². The van der Waals surface area contributed by atoms with Crippen LogP contribution < -0.4 is 11.1 Å². The molecule has 1 unspecified atom stereocenters. The molecule has 4 nitrogen and oxygen atoms in total. The highest BCUT2D eigenvalue weighted by Gasteiger charge is 2.42. The Bertz CT molecular complexity index is 422. The maximum atomic E-state index is 6.20. The fourth-order valence-electron chi connectivity index (χ4n) is 3.82. The highest BCUT2D eigenvalue weighted by atomic mass is 15.2. The molecule has 1 saturated heterocycles. The third kappa shape index (κ3) is 2.54. The van der Waals surface area contributed by atoms with E-state index in [0.29, 0.717) is 0 Å². The number of hydrogen-bond donors (Lipinski definition) is 2. The fourth-order valence-corrected chi connectivity index (χ4v) is 3.82. The van der Waals surface area contributed by atoms with Crippen LogP contribution in [0.1, 0.15) is 51.1 Å². The second-order valence-electron chi connectivity index (χ2n) is 5.73. The molecular formula is C16H28N4. The number of aromatic nitrogens is 1. The Morgan fingerprint density at radius 1 is 1.35 bits per heavy atom. The fraction of sp³-hybridized carbons (Fsp3) is 0.688. The molecule has 1 aliphatic heterocycles. The van der Waals surface area contributed by atoms with Crippen LogP contribution in [0.4, 0.5) is 5.69 Å². The number of nitrogens with two attached hydrogens (primary N) is 1. The van der Waals surface area contributed by atoms with Gasteiger partial charge in [-0.15, -0.1) is 0 Å². The van der Waals surface area contributed by atoms with Gasteiger partial charge in [0.2, 0.25) is 0 Å². The second-order valence-corrected chi connectivity index (χ2v) is 5.73. The Balaban J connectivity index is 2.42. The van der Waals surface area contributed by atoms with Crippen molar-refractivity contribution in [3.05, 3.63) is 24.0 Å². The first-order valence-corrected chi connectivity index (χ1v) is 7.81. The largest absolute Gasteiger partial charge is 0.398 e. The first kappa shape index (κ1) is 15.3. The van der Waals surface area contributed by atoms with E-state index in [1.165, 1.54) is 25.9 Å². The molecule has 0 bridgehead atoms. The highest BCUT2D eigenvalue weighted by Crippen LogP contribution is 2.40. The summed E-state index contributed by atoms with van der Waals surface area (Å²) in [4.78, 5) is 6.94. The first-order valence-electron chi connectivity index (χ1n) is 7.81. The van der Waals surface area contributed by atoms with Crippen LogP contribution in [0.15, 0.2) is 18.5 Å².